The first-order chi connectivity index (χ1) is 62.5. The maximum atomic E-state index is 9.68. The number of thiophene rings is 9. The summed E-state index contributed by atoms with van der Waals surface area (Å²) in [4.78, 5) is 22.1. The van der Waals surface area contributed by atoms with Gasteiger partial charge in [-0.05, 0) is 308 Å². The van der Waals surface area contributed by atoms with E-state index in [0.29, 0.717) is 11.8 Å². The van der Waals surface area contributed by atoms with Crippen molar-refractivity contribution in [2.45, 2.75) is 404 Å². The molecule has 5 saturated heterocycles. The maximum Gasteiger partial charge on any atom is 2.00 e. The molecule has 0 spiro atoms. The summed E-state index contributed by atoms with van der Waals surface area (Å²) in [6.07, 6.45) is 32.2. The minimum absolute atomic E-state index is 0. The Labute approximate surface area is 895 Å². The first kappa shape index (κ1) is 131. The topological polar surface area (TPSA) is 139 Å². The van der Waals surface area contributed by atoms with Crippen LogP contribution >= 0.6 is 141 Å². The number of carbonyl (C=O) groups excluding carboxylic acids is 1. The van der Waals surface area contributed by atoms with Crippen molar-refractivity contribution in [2.75, 3.05) is 25.0 Å². The Morgan fingerprint density at radius 2 is 0.828 bits per heavy atom. The monoisotopic (exact) mass is 2190 g/mol. The Kier molecular flexibility index (Phi) is 70.0. The molecular formula is C103H164B4Br2Cl2MgO13S9. The van der Waals surface area contributed by atoms with Crippen LogP contribution in [0.5, 0.6) is 0 Å². The molecule has 1 atom stereocenters. The van der Waals surface area contributed by atoms with Crippen molar-refractivity contribution in [3.8, 4) is 19.5 Å². The fourth-order valence-corrected chi connectivity index (χ4v) is 19.9. The number of rotatable bonds is 33. The summed E-state index contributed by atoms with van der Waals surface area (Å²) in [5.41, 5.74) is -2.24. The molecule has 1 unspecified atom stereocenters. The second kappa shape index (κ2) is 71.5. The van der Waals surface area contributed by atoms with Crippen LogP contribution in [0, 0.1) is 12.3 Å². The quantitative estimate of drug-likeness (QED) is 0.0137. The molecule has 14 heterocycles. The normalized spacial score (nSPS) is 16.7. The number of aliphatic hydroxyl groups excluding tert-OH is 1. The second-order valence-corrected chi connectivity index (χ2v) is 48.9. The number of alkyl halides is 2. The van der Waals surface area contributed by atoms with Crippen LogP contribution in [0.3, 0.4) is 0 Å². The molecule has 14 rings (SSSR count). The van der Waals surface area contributed by atoms with Gasteiger partial charge in [0.2, 0.25) is 0 Å². The second-order valence-electron chi connectivity index (χ2n) is 37.3. The first-order valence-electron chi connectivity index (χ1n) is 48.1. The number of hydrogen-bond donors (Lipinski definition) is 1. The van der Waals surface area contributed by atoms with Crippen LogP contribution in [-0.2, 0) is 75.3 Å². The van der Waals surface area contributed by atoms with Gasteiger partial charge in [0.25, 0.3) is 0 Å². The summed E-state index contributed by atoms with van der Waals surface area (Å²) in [7, 11) is -1.50. The fourth-order valence-electron chi connectivity index (χ4n) is 12.2. The molecule has 0 amide bonds. The Morgan fingerprint density at radius 3 is 1.19 bits per heavy atom. The SMILES string of the molecule is Brc1cccs1.C1CCOC1.CC(C)OB1OC(C)(C)C(C)(C)O1.CC(C)OB1OC(C)(C)C(C)(C)O1.CCCCCC(O)c1cccs1.CCCCCC=O.CCCCCCc1ccc(-c2cccs2)s1.CCCCCCc1ccc(B2OC(C)(C)C(C)(C)O2)s1.CCCCCCc1cccs1.Cc1ccc(-c2ccc(B3OC(C)(C)C(C)(C)O3)s2)s1.ClCCCl.[Br-].[Mg+2].[c-]1cccs1. The van der Waals surface area contributed by atoms with Gasteiger partial charge in [0.05, 0.1) is 54.7 Å². The molecule has 1 N–H and O–H groups in total. The molecule has 0 radical (unpaired) electrons. The first-order valence-corrected chi connectivity index (χ1v) is 57.6. The number of aryl methyl sites for hydroxylation is 4. The van der Waals surface area contributed by atoms with Gasteiger partial charge in [-0.3, -0.25) is 0 Å². The van der Waals surface area contributed by atoms with E-state index in [1.54, 1.807) is 55.1 Å². The van der Waals surface area contributed by atoms with Crippen LogP contribution in [0.1, 0.15) is 345 Å². The number of ether oxygens (including phenoxy) is 1. The Bertz CT molecular complexity index is 4100. The number of aldehydes is 1. The number of aliphatic hydroxyl groups is 1. The summed E-state index contributed by atoms with van der Waals surface area (Å²) < 4.78 is 66.3. The molecule has 9 aromatic heterocycles. The zero-order valence-electron chi connectivity index (χ0n) is 86.1. The molecule has 0 aromatic carbocycles. The Morgan fingerprint density at radius 1 is 0.433 bits per heavy atom. The van der Waals surface area contributed by atoms with Crippen LogP contribution in [0.15, 0.2) is 140 Å². The largest absolute Gasteiger partial charge is 2.00 e. The van der Waals surface area contributed by atoms with Gasteiger partial charge in [-0.2, -0.15) is 11.4 Å². The molecule has 5 aliphatic heterocycles. The zero-order chi connectivity index (χ0) is 98.3. The summed E-state index contributed by atoms with van der Waals surface area (Å²) in [6, 6.07) is 38.2. The van der Waals surface area contributed by atoms with E-state index in [0.717, 1.165) is 54.8 Å². The molecule has 9 aromatic rings. The molecule has 5 aliphatic rings. The summed E-state index contributed by atoms with van der Waals surface area (Å²) in [6.45, 7) is 55.9. The third-order valence-corrected chi connectivity index (χ3v) is 33.2. The van der Waals surface area contributed by atoms with E-state index in [2.05, 4.69) is 202 Å². The van der Waals surface area contributed by atoms with E-state index in [-0.39, 0.29) is 117 Å². The van der Waals surface area contributed by atoms with Crippen LogP contribution in [-0.4, -0.2) is 145 Å². The van der Waals surface area contributed by atoms with Gasteiger partial charge < -0.3 is 89.5 Å². The van der Waals surface area contributed by atoms with E-state index in [1.807, 2.05) is 192 Å². The Hall–Kier alpha value is -0.944. The fraction of sp³-hybridized carbons (Fsp3) is 0.641. The van der Waals surface area contributed by atoms with Crippen LogP contribution < -0.4 is 26.5 Å². The van der Waals surface area contributed by atoms with E-state index in [9.17, 15) is 9.90 Å². The van der Waals surface area contributed by atoms with Gasteiger partial charge in [-0.15, -0.1) is 119 Å². The summed E-state index contributed by atoms with van der Waals surface area (Å²) >= 11 is 29.4. The Balaban J connectivity index is 0.000000749. The maximum absolute atomic E-state index is 9.68. The molecule has 134 heavy (non-hydrogen) atoms. The molecule has 0 bridgehead atoms. The third-order valence-electron chi connectivity index (χ3n) is 23.0. The smallest absolute Gasteiger partial charge is 1.00 e. The standard InChI is InChI=1S/C16H27BO2S.C15H19BO2S2.C14H18S2.C10H16OS.C10H16S.2C9H19BO3.C6H12O.C4H3BrS.C4H8O.C4H3S.C2H4Cl2.BrH.Mg/c1-6-7-8-9-10-13-11-12-14(20-13)17-18-15(2,3)16(4,5)19-17;1-10-6-7-11(19-10)12-8-9-13(20-12)16-17-14(2,3)15(4,5)18-16;1-2-3-4-5-7-12-9-10-14(16-12)13-8-6-11-15-13;1-2-3-4-6-9(11)10-7-5-8-12-10;1-2-3-4-5-7-10-8-6-9-11-10;2*1-7(2)11-10-12-8(3,4)9(5,6)13-10;1-2-3-4-5-6-7;5-4-2-1-3-6-4;2*1-2-4-5-3-1;3-1-2-4;;/h11-12H,6-10H2,1-5H3;6-9H,1-5H3;6,8-11H,2-5,7H2,1H3;5,7-9,11H,2-4,6H2,1H3;6,8-9H,2-5,7H2,1H3;2*7H,1-6H3;6H,2-5H2,1H3;1-3H;1-4H2;1-3H;1-2H2;1H;/q;;;;;;;;;;-1;;;+2/p-1. The molecule has 0 aliphatic carbocycles. The van der Waals surface area contributed by atoms with E-state index < -0.39 is 14.6 Å². The predicted molar refractivity (Wildman–Crippen MR) is 594 cm³/mol. The zero-order valence-corrected chi connectivity index (χ0v) is 99.6. The summed E-state index contributed by atoms with van der Waals surface area (Å²) in [5.74, 6) is 1.11. The predicted octanol–water partition coefficient (Wildman–Crippen LogP) is 29.8. The molecule has 13 nitrogen and oxygen atoms in total. The van der Waals surface area contributed by atoms with Crippen molar-refractivity contribution in [1.29, 1.82) is 0 Å². The number of unbranched alkanes of at least 4 members (excludes halogenated alkanes) is 14. The van der Waals surface area contributed by atoms with Crippen molar-refractivity contribution >= 4 is 209 Å². The summed E-state index contributed by atoms with van der Waals surface area (Å²) in [5, 5.41) is 22.9. The minimum atomic E-state index is -0.523. The number of hydrogen-bond acceptors (Lipinski definition) is 22. The van der Waals surface area contributed by atoms with Crippen LogP contribution in [0.2, 0.25) is 0 Å². The van der Waals surface area contributed by atoms with Crippen molar-refractivity contribution in [2.24, 2.45) is 0 Å². The van der Waals surface area contributed by atoms with Crippen molar-refractivity contribution in [3.05, 3.63) is 170 Å². The van der Waals surface area contributed by atoms with Crippen molar-refractivity contribution in [1.82, 2.24) is 0 Å². The number of halogens is 4. The van der Waals surface area contributed by atoms with E-state index in [4.69, 9.17) is 74.5 Å². The van der Waals surface area contributed by atoms with E-state index in [1.165, 1.54) is 173 Å². The van der Waals surface area contributed by atoms with Gasteiger partial charge >= 0.3 is 51.9 Å². The van der Waals surface area contributed by atoms with Crippen molar-refractivity contribution < 1.29 is 78.2 Å². The van der Waals surface area contributed by atoms with Gasteiger partial charge in [0.1, 0.15) is 6.29 Å². The number of carbonyl (C=O) groups is 1. The minimum Gasteiger partial charge on any atom is -1.00 e. The van der Waals surface area contributed by atoms with E-state index >= 15 is 0 Å². The average Bonchev–Trinajstić information content (AvgIpc) is 1.63. The average molecular weight is 2200 g/mol. The third kappa shape index (κ3) is 52.7. The van der Waals surface area contributed by atoms with Crippen LogP contribution in [0.4, 0.5) is 0 Å². The molecule has 0 saturated carbocycles. The van der Waals surface area contributed by atoms with Gasteiger partial charge in [-0.1, -0.05) is 161 Å². The molecule has 750 valence electrons. The van der Waals surface area contributed by atoms with Crippen molar-refractivity contribution in [3.63, 3.8) is 0 Å². The molecular weight excluding hydrogens is 2030 g/mol. The van der Waals surface area contributed by atoms with Crippen LogP contribution in [0.25, 0.3) is 19.5 Å². The van der Waals surface area contributed by atoms with Gasteiger partial charge in [0.15, 0.2) is 0 Å². The van der Waals surface area contributed by atoms with Gasteiger partial charge in [0, 0.05) is 97.0 Å². The molecule has 5 fully saturated rings. The molecule has 31 heteroatoms. The van der Waals surface area contributed by atoms with Gasteiger partial charge in [-0.25, -0.2) is 6.07 Å².